The Bertz CT molecular complexity index is 936. The SMILES string of the molecule is CC(C)(C)OC(=O)NCC(/N=C\c1ccccc1)C1=C[NH+]([O-])c2ccc(Cl)cc21. The van der Waals surface area contributed by atoms with Crippen LogP contribution in [0.4, 0.5) is 10.5 Å². The van der Waals surface area contributed by atoms with Crippen molar-refractivity contribution in [1.82, 2.24) is 5.32 Å². The van der Waals surface area contributed by atoms with Gasteiger partial charge in [0.2, 0.25) is 0 Å². The number of hydrogen-bond acceptors (Lipinski definition) is 4. The number of fused-ring (bicyclic) bond motifs is 1. The van der Waals surface area contributed by atoms with Crippen LogP contribution in [-0.4, -0.2) is 30.5 Å². The van der Waals surface area contributed by atoms with E-state index in [1.165, 1.54) is 0 Å². The van der Waals surface area contributed by atoms with E-state index in [9.17, 15) is 10.0 Å². The molecule has 0 saturated heterocycles. The minimum atomic E-state index is -0.602. The number of aliphatic imine (C=N–C) groups is 1. The number of halogens is 1. The Morgan fingerprint density at radius 3 is 2.69 bits per heavy atom. The Balaban J connectivity index is 1.86. The highest BCUT2D eigenvalue weighted by molar-refractivity contribution is 6.30. The van der Waals surface area contributed by atoms with Crippen LogP contribution in [0.2, 0.25) is 5.02 Å². The minimum Gasteiger partial charge on any atom is -0.624 e. The summed E-state index contributed by atoms with van der Waals surface area (Å²) in [4.78, 5) is 16.8. The first-order chi connectivity index (χ1) is 13.7. The Morgan fingerprint density at radius 2 is 2.00 bits per heavy atom. The van der Waals surface area contributed by atoms with Gasteiger partial charge in [0.1, 0.15) is 17.5 Å². The van der Waals surface area contributed by atoms with Crippen molar-refractivity contribution in [3.63, 3.8) is 0 Å². The molecule has 0 spiro atoms. The molecule has 1 aliphatic rings. The van der Waals surface area contributed by atoms with Crippen LogP contribution in [0.1, 0.15) is 31.9 Å². The third-order valence-electron chi connectivity index (χ3n) is 4.25. The highest BCUT2D eigenvalue weighted by Crippen LogP contribution is 2.31. The summed E-state index contributed by atoms with van der Waals surface area (Å²) in [6, 6.07) is 14.3. The van der Waals surface area contributed by atoms with Crippen molar-refractivity contribution >= 4 is 35.2 Å². The largest absolute Gasteiger partial charge is 0.624 e. The second-order valence-electron chi connectivity index (χ2n) is 7.74. The molecule has 3 rings (SSSR count). The van der Waals surface area contributed by atoms with Gasteiger partial charge in [0, 0.05) is 35.0 Å². The number of hydrogen-bond donors (Lipinski definition) is 2. The Labute approximate surface area is 175 Å². The second kappa shape index (κ2) is 8.78. The van der Waals surface area contributed by atoms with Crippen LogP contribution in [0, 0.1) is 5.21 Å². The van der Waals surface area contributed by atoms with Crippen LogP contribution >= 0.6 is 11.6 Å². The van der Waals surface area contributed by atoms with E-state index in [-0.39, 0.29) is 11.6 Å². The summed E-state index contributed by atoms with van der Waals surface area (Å²) in [6.07, 6.45) is 2.76. The maximum Gasteiger partial charge on any atom is 0.407 e. The molecule has 2 aromatic rings. The van der Waals surface area contributed by atoms with Gasteiger partial charge in [-0.2, -0.15) is 0 Å². The van der Waals surface area contributed by atoms with Gasteiger partial charge < -0.3 is 20.3 Å². The lowest BCUT2D eigenvalue weighted by atomic mass is 10.0. The van der Waals surface area contributed by atoms with E-state index in [1.54, 1.807) is 51.4 Å². The van der Waals surface area contributed by atoms with E-state index in [2.05, 4.69) is 10.3 Å². The van der Waals surface area contributed by atoms with Crippen LogP contribution in [0.25, 0.3) is 5.57 Å². The quantitative estimate of drug-likeness (QED) is 0.579. The van der Waals surface area contributed by atoms with Gasteiger partial charge in [-0.3, -0.25) is 4.99 Å². The highest BCUT2D eigenvalue weighted by atomic mass is 35.5. The molecule has 152 valence electrons. The number of carbonyl (C=O) groups excluding carboxylic acids is 1. The fourth-order valence-corrected chi connectivity index (χ4v) is 3.17. The Kier molecular flexibility index (Phi) is 6.37. The van der Waals surface area contributed by atoms with Crippen molar-refractivity contribution in [3.05, 3.63) is 76.1 Å². The molecular formula is C22H24ClN3O3. The van der Waals surface area contributed by atoms with Crippen molar-refractivity contribution in [2.75, 3.05) is 6.54 Å². The fraction of sp³-hybridized carbons (Fsp3) is 0.273. The summed E-state index contributed by atoms with van der Waals surface area (Å²) in [5, 5.41) is 15.6. The first-order valence-electron chi connectivity index (χ1n) is 9.34. The Morgan fingerprint density at radius 1 is 1.28 bits per heavy atom. The van der Waals surface area contributed by atoms with E-state index in [4.69, 9.17) is 16.3 Å². The zero-order chi connectivity index (χ0) is 21.0. The average Bonchev–Trinajstić information content (AvgIpc) is 2.97. The lowest BCUT2D eigenvalue weighted by molar-refractivity contribution is -0.710. The predicted molar refractivity (Wildman–Crippen MR) is 115 cm³/mol. The van der Waals surface area contributed by atoms with Crippen molar-refractivity contribution in [1.29, 1.82) is 0 Å². The number of nitrogens with one attached hydrogen (secondary N) is 2. The van der Waals surface area contributed by atoms with Gasteiger partial charge in [-0.25, -0.2) is 4.79 Å². The maximum absolute atomic E-state index is 12.4. The molecular weight excluding hydrogens is 390 g/mol. The summed E-state index contributed by atoms with van der Waals surface area (Å²) in [6.45, 7) is 5.58. The van der Waals surface area contributed by atoms with Crippen LogP contribution in [0.5, 0.6) is 0 Å². The number of alkyl carbamates (subject to hydrolysis) is 1. The lowest BCUT2D eigenvalue weighted by Crippen LogP contribution is -2.95. The van der Waals surface area contributed by atoms with Crippen molar-refractivity contribution in [3.8, 4) is 0 Å². The predicted octanol–water partition coefficient (Wildman–Crippen LogP) is 3.72. The van der Waals surface area contributed by atoms with Crippen molar-refractivity contribution in [2.45, 2.75) is 32.4 Å². The van der Waals surface area contributed by atoms with Crippen LogP contribution in [0.15, 0.2) is 59.7 Å². The van der Waals surface area contributed by atoms with Crippen LogP contribution < -0.4 is 10.4 Å². The summed E-state index contributed by atoms with van der Waals surface area (Å²) < 4.78 is 5.31. The van der Waals surface area contributed by atoms with Crippen LogP contribution in [-0.2, 0) is 4.74 Å². The summed E-state index contributed by atoms with van der Waals surface area (Å²) in [5.74, 6) is 0. The first kappa shape index (κ1) is 21.0. The van der Waals surface area contributed by atoms with E-state index in [1.807, 2.05) is 30.3 Å². The van der Waals surface area contributed by atoms with Gasteiger partial charge in [-0.05, 0) is 38.5 Å². The molecule has 6 nitrogen and oxygen atoms in total. The number of hydroxylamine groups is 1. The first-order valence-corrected chi connectivity index (χ1v) is 9.72. The molecule has 1 heterocycles. The van der Waals surface area contributed by atoms with Gasteiger partial charge in [-0.15, -0.1) is 0 Å². The van der Waals surface area contributed by atoms with Gasteiger partial charge in [0.15, 0.2) is 0 Å². The molecule has 2 unspecified atom stereocenters. The molecule has 0 bridgehead atoms. The molecule has 0 radical (unpaired) electrons. The molecule has 1 amide bonds. The molecule has 29 heavy (non-hydrogen) atoms. The second-order valence-corrected chi connectivity index (χ2v) is 8.18. The zero-order valence-electron chi connectivity index (χ0n) is 16.6. The van der Waals surface area contributed by atoms with Gasteiger partial charge in [0.05, 0.1) is 6.04 Å². The molecule has 2 aromatic carbocycles. The molecule has 2 N–H and O–H groups in total. The number of benzene rings is 2. The zero-order valence-corrected chi connectivity index (χ0v) is 17.4. The maximum atomic E-state index is 12.4. The highest BCUT2D eigenvalue weighted by Gasteiger charge is 2.28. The number of ether oxygens (including phenoxy) is 1. The smallest absolute Gasteiger partial charge is 0.407 e. The van der Waals surface area contributed by atoms with Crippen LogP contribution in [0.3, 0.4) is 0 Å². The number of quaternary nitrogens is 1. The summed E-state index contributed by atoms with van der Waals surface area (Å²) >= 11 is 6.15. The molecule has 1 aliphatic heterocycles. The summed E-state index contributed by atoms with van der Waals surface area (Å²) in [7, 11) is 0. The normalized spacial score (nSPS) is 17.0. The number of rotatable bonds is 5. The van der Waals surface area contributed by atoms with E-state index in [0.29, 0.717) is 10.7 Å². The van der Waals surface area contributed by atoms with Crippen molar-refractivity contribution in [2.24, 2.45) is 4.99 Å². The number of amides is 1. The fourth-order valence-electron chi connectivity index (χ4n) is 2.99. The number of carbonyl (C=O) groups is 1. The van der Waals surface area contributed by atoms with Crippen molar-refractivity contribution < 1.29 is 14.6 Å². The molecule has 7 heteroatoms. The molecule has 0 aromatic heterocycles. The van der Waals surface area contributed by atoms with E-state index in [0.717, 1.165) is 16.7 Å². The molecule has 2 atom stereocenters. The van der Waals surface area contributed by atoms with Gasteiger partial charge >= 0.3 is 6.09 Å². The topological polar surface area (TPSA) is 78.2 Å². The third kappa shape index (κ3) is 5.67. The minimum absolute atomic E-state index is 0.0937. The lowest BCUT2D eigenvalue weighted by Gasteiger charge is -2.21. The average molecular weight is 414 g/mol. The Hall–Kier alpha value is -2.67. The van der Waals surface area contributed by atoms with Gasteiger partial charge in [-0.1, -0.05) is 41.9 Å². The molecule has 0 fully saturated rings. The number of nitrogens with zero attached hydrogens (tertiary/aromatic N) is 1. The van der Waals surface area contributed by atoms with E-state index >= 15 is 0 Å². The monoisotopic (exact) mass is 413 g/mol. The molecule has 0 aliphatic carbocycles. The standard InChI is InChI=1S/C22H24ClN3O3/c1-22(2,3)29-21(27)25-13-19(24-12-15-7-5-4-6-8-15)18-14-26(28)20-10-9-16(23)11-17(18)20/h4-12,14,19,26H,13H2,1-3H3,(H,25,27)/b24-12-. The summed E-state index contributed by atoms with van der Waals surface area (Å²) in [5.41, 5.74) is 2.36. The molecule has 0 saturated carbocycles. The van der Waals surface area contributed by atoms with Gasteiger partial charge in [0.25, 0.3) is 0 Å². The van der Waals surface area contributed by atoms with E-state index < -0.39 is 17.7 Å². The third-order valence-corrected chi connectivity index (χ3v) is 4.48.